The number of nitrogens with zero attached hydrogens (tertiary/aromatic N) is 1. The summed E-state index contributed by atoms with van der Waals surface area (Å²) in [6.45, 7) is 2.11. The third-order valence-electron chi connectivity index (χ3n) is 2.57. The zero-order valence-corrected chi connectivity index (χ0v) is 11.3. The third kappa shape index (κ3) is 3.57. The Kier molecular flexibility index (Phi) is 4.08. The van der Waals surface area contributed by atoms with Crippen molar-refractivity contribution in [2.24, 2.45) is 0 Å². The fourth-order valence-corrected chi connectivity index (χ4v) is 2.19. The molecule has 0 radical (unpaired) electrons. The maximum absolute atomic E-state index is 12.4. The van der Waals surface area contributed by atoms with Crippen LogP contribution in [-0.4, -0.2) is 10.9 Å². The van der Waals surface area contributed by atoms with Crippen LogP contribution in [0.15, 0.2) is 29.6 Å². The molecule has 1 N–H and O–H groups in total. The summed E-state index contributed by atoms with van der Waals surface area (Å²) in [5.74, 6) is -0.427. The lowest BCUT2D eigenvalue weighted by Gasteiger charge is -2.07. The zero-order valence-electron chi connectivity index (χ0n) is 10.5. The molecule has 2 aromatic rings. The fourth-order valence-electron chi connectivity index (χ4n) is 1.57. The minimum absolute atomic E-state index is 0.185. The molecule has 2 rings (SSSR count). The Hall–Kier alpha value is -1.89. The van der Waals surface area contributed by atoms with Crippen molar-refractivity contribution in [3.8, 4) is 0 Å². The van der Waals surface area contributed by atoms with Crippen molar-refractivity contribution in [3.63, 3.8) is 0 Å². The number of aromatic nitrogens is 1. The molecule has 0 aliphatic heterocycles. The van der Waals surface area contributed by atoms with Gasteiger partial charge in [-0.2, -0.15) is 13.2 Å². The van der Waals surface area contributed by atoms with E-state index in [2.05, 4.69) is 10.3 Å². The SMILES string of the molecule is Cc1nc(CNC(=O)c2ccc(C(F)(F)F)cc2)cs1. The van der Waals surface area contributed by atoms with E-state index >= 15 is 0 Å². The Balaban J connectivity index is 1.99. The topological polar surface area (TPSA) is 42.0 Å². The molecule has 7 heteroatoms. The number of thiazole rings is 1. The van der Waals surface area contributed by atoms with Gasteiger partial charge in [0.2, 0.25) is 0 Å². The third-order valence-corrected chi connectivity index (χ3v) is 3.39. The predicted octanol–water partition coefficient (Wildman–Crippen LogP) is 3.40. The standard InChI is InChI=1S/C13H11F3N2OS/c1-8-18-11(7-20-8)6-17-12(19)9-2-4-10(5-3-9)13(14,15)16/h2-5,7H,6H2,1H3,(H,17,19). The highest BCUT2D eigenvalue weighted by Crippen LogP contribution is 2.29. The highest BCUT2D eigenvalue weighted by molar-refractivity contribution is 7.09. The highest BCUT2D eigenvalue weighted by Gasteiger charge is 2.30. The Bertz CT molecular complexity index is 605. The van der Waals surface area contributed by atoms with E-state index in [0.717, 1.165) is 35.0 Å². The fraction of sp³-hybridized carbons (Fsp3) is 0.231. The van der Waals surface area contributed by atoms with Gasteiger partial charge in [0.1, 0.15) is 0 Å². The molecule has 0 aliphatic carbocycles. The van der Waals surface area contributed by atoms with Crippen LogP contribution in [0.2, 0.25) is 0 Å². The van der Waals surface area contributed by atoms with Crippen LogP contribution in [0.25, 0.3) is 0 Å². The Labute approximate surface area is 117 Å². The molecule has 0 unspecified atom stereocenters. The minimum Gasteiger partial charge on any atom is -0.346 e. The van der Waals surface area contributed by atoms with Crippen LogP contribution in [0.5, 0.6) is 0 Å². The highest BCUT2D eigenvalue weighted by atomic mass is 32.1. The first-order valence-corrected chi connectivity index (χ1v) is 6.60. The number of carbonyl (C=O) groups is 1. The molecule has 1 heterocycles. The first-order valence-electron chi connectivity index (χ1n) is 5.73. The van der Waals surface area contributed by atoms with E-state index in [1.807, 2.05) is 12.3 Å². The number of alkyl halides is 3. The molecular weight excluding hydrogens is 289 g/mol. The number of rotatable bonds is 3. The molecule has 0 bridgehead atoms. The van der Waals surface area contributed by atoms with Crippen molar-refractivity contribution in [2.75, 3.05) is 0 Å². The Morgan fingerprint density at radius 1 is 1.30 bits per heavy atom. The van der Waals surface area contributed by atoms with Crippen molar-refractivity contribution in [3.05, 3.63) is 51.5 Å². The van der Waals surface area contributed by atoms with Gasteiger partial charge in [0.15, 0.2) is 0 Å². The second-order valence-electron chi connectivity index (χ2n) is 4.12. The summed E-state index contributed by atoms with van der Waals surface area (Å²) in [5.41, 5.74) is 0.141. The smallest absolute Gasteiger partial charge is 0.346 e. The van der Waals surface area contributed by atoms with E-state index in [1.54, 1.807) is 0 Å². The van der Waals surface area contributed by atoms with Gasteiger partial charge in [0, 0.05) is 10.9 Å². The van der Waals surface area contributed by atoms with Crippen LogP contribution in [0.1, 0.15) is 26.6 Å². The normalized spacial score (nSPS) is 11.4. The number of hydrogen-bond donors (Lipinski definition) is 1. The first-order chi connectivity index (χ1) is 9.36. The van der Waals surface area contributed by atoms with Crippen LogP contribution in [-0.2, 0) is 12.7 Å². The van der Waals surface area contributed by atoms with E-state index in [-0.39, 0.29) is 12.1 Å². The molecule has 1 aromatic carbocycles. The summed E-state index contributed by atoms with van der Waals surface area (Å²) in [6, 6.07) is 4.10. The lowest BCUT2D eigenvalue weighted by atomic mass is 10.1. The molecule has 0 saturated heterocycles. The molecule has 1 amide bonds. The van der Waals surface area contributed by atoms with Crippen molar-refractivity contribution in [2.45, 2.75) is 19.6 Å². The van der Waals surface area contributed by atoms with E-state index < -0.39 is 17.6 Å². The van der Waals surface area contributed by atoms with Crippen molar-refractivity contribution in [1.82, 2.24) is 10.3 Å². The largest absolute Gasteiger partial charge is 0.416 e. The summed E-state index contributed by atoms with van der Waals surface area (Å²) >= 11 is 1.47. The molecule has 3 nitrogen and oxygen atoms in total. The van der Waals surface area contributed by atoms with Crippen molar-refractivity contribution >= 4 is 17.2 Å². The number of benzene rings is 1. The summed E-state index contributed by atoms with van der Waals surface area (Å²) in [6.07, 6.45) is -4.40. The average molecular weight is 300 g/mol. The maximum atomic E-state index is 12.4. The summed E-state index contributed by atoms with van der Waals surface area (Å²) in [4.78, 5) is 15.9. The van der Waals surface area contributed by atoms with Crippen LogP contribution >= 0.6 is 11.3 Å². The average Bonchev–Trinajstić information content (AvgIpc) is 2.81. The summed E-state index contributed by atoms with van der Waals surface area (Å²) in [7, 11) is 0. The van der Waals surface area contributed by atoms with Gasteiger partial charge in [-0.25, -0.2) is 4.98 Å². The van der Waals surface area contributed by atoms with Gasteiger partial charge < -0.3 is 5.32 Å². The first kappa shape index (κ1) is 14.5. The van der Waals surface area contributed by atoms with Gasteiger partial charge in [-0.1, -0.05) is 0 Å². The number of nitrogens with one attached hydrogen (secondary N) is 1. The monoisotopic (exact) mass is 300 g/mol. The van der Waals surface area contributed by atoms with E-state index in [4.69, 9.17) is 0 Å². The number of halogens is 3. The molecule has 1 aromatic heterocycles. The van der Waals surface area contributed by atoms with Gasteiger partial charge in [-0.05, 0) is 31.2 Å². The van der Waals surface area contributed by atoms with Gasteiger partial charge in [-0.15, -0.1) is 11.3 Å². The number of hydrogen-bond acceptors (Lipinski definition) is 3. The number of amides is 1. The van der Waals surface area contributed by atoms with Crippen LogP contribution in [0.4, 0.5) is 13.2 Å². The molecule has 0 aliphatic rings. The second-order valence-corrected chi connectivity index (χ2v) is 5.18. The zero-order chi connectivity index (χ0) is 14.8. The minimum atomic E-state index is -4.40. The second kappa shape index (κ2) is 5.62. The van der Waals surface area contributed by atoms with Gasteiger partial charge in [0.05, 0.1) is 22.8 Å². The maximum Gasteiger partial charge on any atom is 0.416 e. The van der Waals surface area contributed by atoms with Crippen molar-refractivity contribution < 1.29 is 18.0 Å². The molecule has 20 heavy (non-hydrogen) atoms. The lowest BCUT2D eigenvalue weighted by Crippen LogP contribution is -2.23. The summed E-state index contributed by atoms with van der Waals surface area (Å²) in [5, 5.41) is 5.32. The Morgan fingerprint density at radius 2 is 1.95 bits per heavy atom. The van der Waals surface area contributed by atoms with Crippen LogP contribution in [0.3, 0.4) is 0 Å². The quantitative estimate of drug-likeness (QED) is 0.944. The molecule has 0 fully saturated rings. The lowest BCUT2D eigenvalue weighted by molar-refractivity contribution is -0.137. The van der Waals surface area contributed by atoms with Crippen LogP contribution in [0, 0.1) is 6.92 Å². The molecular formula is C13H11F3N2OS. The van der Waals surface area contributed by atoms with Gasteiger partial charge >= 0.3 is 6.18 Å². The number of carbonyl (C=O) groups excluding carboxylic acids is 1. The Morgan fingerprint density at radius 3 is 2.45 bits per heavy atom. The molecule has 0 spiro atoms. The van der Waals surface area contributed by atoms with E-state index in [9.17, 15) is 18.0 Å². The van der Waals surface area contributed by atoms with Crippen molar-refractivity contribution in [1.29, 1.82) is 0 Å². The van der Waals surface area contributed by atoms with Gasteiger partial charge in [-0.3, -0.25) is 4.79 Å². The van der Waals surface area contributed by atoms with Crippen LogP contribution < -0.4 is 5.32 Å². The molecule has 0 saturated carbocycles. The van der Waals surface area contributed by atoms with E-state index in [1.165, 1.54) is 11.3 Å². The predicted molar refractivity (Wildman–Crippen MR) is 69.5 cm³/mol. The van der Waals surface area contributed by atoms with E-state index in [0.29, 0.717) is 0 Å². The number of aryl methyl sites for hydroxylation is 1. The summed E-state index contributed by atoms with van der Waals surface area (Å²) < 4.78 is 37.2. The molecule has 0 atom stereocenters. The van der Waals surface area contributed by atoms with Gasteiger partial charge in [0.25, 0.3) is 5.91 Å². The molecule has 106 valence electrons.